The van der Waals surface area contributed by atoms with E-state index in [4.69, 9.17) is 0 Å². The third-order valence-electron chi connectivity index (χ3n) is 14.2. The van der Waals surface area contributed by atoms with E-state index in [2.05, 4.69) is 194 Å². The summed E-state index contributed by atoms with van der Waals surface area (Å²) in [6.07, 6.45) is 0. The van der Waals surface area contributed by atoms with E-state index in [1.165, 1.54) is 89.0 Å². The van der Waals surface area contributed by atoms with E-state index in [1.807, 2.05) is 21.3 Å². The van der Waals surface area contributed by atoms with Crippen LogP contribution in [0.1, 0.15) is 44.5 Å². The van der Waals surface area contributed by atoms with Crippen molar-refractivity contribution in [1.82, 2.24) is 9.13 Å². The van der Waals surface area contributed by atoms with Gasteiger partial charge in [-0.25, -0.2) is 4.79 Å². The molecule has 4 aliphatic rings. The monoisotopic (exact) mass is 762 g/mol. The van der Waals surface area contributed by atoms with Crippen molar-refractivity contribution in [1.29, 1.82) is 0 Å². The third kappa shape index (κ3) is 3.63. The molecule has 0 bridgehead atoms. The van der Waals surface area contributed by atoms with Crippen LogP contribution in [0.4, 0.5) is 0 Å². The van der Waals surface area contributed by atoms with Crippen LogP contribution in [0, 0.1) is 0 Å². The Morgan fingerprint density at radius 2 is 0.517 bits per heavy atom. The van der Waals surface area contributed by atoms with Gasteiger partial charge >= 0.3 is 5.69 Å². The van der Waals surface area contributed by atoms with Gasteiger partial charge in [-0.1, -0.05) is 170 Å². The van der Waals surface area contributed by atoms with E-state index < -0.39 is 10.8 Å². The smallest absolute Gasteiger partial charge is 0.260 e. The van der Waals surface area contributed by atoms with Gasteiger partial charge in [0.1, 0.15) is 0 Å². The first-order chi connectivity index (χ1) is 29.7. The molecular formula is C57H34N2O. The Morgan fingerprint density at radius 3 is 0.817 bits per heavy atom. The van der Waals surface area contributed by atoms with Crippen LogP contribution < -0.4 is 5.69 Å². The summed E-state index contributed by atoms with van der Waals surface area (Å²) in [5.41, 5.74) is 22.4. The molecule has 0 radical (unpaired) electrons. The summed E-state index contributed by atoms with van der Waals surface area (Å²) in [7, 11) is 0. The maximum atomic E-state index is 15.5. The molecule has 3 nitrogen and oxygen atoms in total. The molecule has 3 heteroatoms. The zero-order valence-electron chi connectivity index (χ0n) is 32.4. The molecule has 0 atom stereocenters. The Bertz CT molecular complexity index is 3240. The van der Waals surface area contributed by atoms with Crippen LogP contribution in [0.15, 0.2) is 211 Å². The molecule has 0 unspecified atom stereocenters. The number of rotatable bonds is 2. The normalized spacial score (nSPS) is 14.7. The minimum atomic E-state index is -0.506. The standard InChI is InChI=1S/C57H34N2O/c60-55-58(35-29-31-43-41-19-5-11-25-49(41)56(51(43)33-35)45-21-7-1-15-37(45)38-16-2-8-22-46(38)56)53-27-13-14-28-54(53)59(55)36-30-32-44-42-20-6-12-26-50(42)57(52(44)34-36)47-23-9-3-17-39(47)40-18-4-10-24-48(40)57/h1-34H. The van der Waals surface area contributed by atoms with Gasteiger partial charge in [-0.05, 0) is 125 Å². The zero-order valence-corrected chi connectivity index (χ0v) is 32.4. The highest BCUT2D eigenvalue weighted by Gasteiger charge is 2.53. The van der Waals surface area contributed by atoms with E-state index >= 15 is 4.79 Å². The van der Waals surface area contributed by atoms with Crippen molar-refractivity contribution in [3.63, 3.8) is 0 Å². The Balaban J connectivity index is 1.02. The Morgan fingerprint density at radius 1 is 0.267 bits per heavy atom. The van der Waals surface area contributed by atoms with Gasteiger partial charge in [0.2, 0.25) is 0 Å². The second kappa shape index (κ2) is 11.3. The van der Waals surface area contributed by atoms with E-state index in [0.717, 1.165) is 22.4 Å². The van der Waals surface area contributed by atoms with Crippen LogP contribution in [0.5, 0.6) is 0 Å². The van der Waals surface area contributed by atoms with Gasteiger partial charge in [-0.3, -0.25) is 9.13 Å². The first-order valence-corrected chi connectivity index (χ1v) is 20.8. The van der Waals surface area contributed by atoms with Gasteiger partial charge in [0, 0.05) is 0 Å². The number of nitrogens with zero attached hydrogens (tertiary/aromatic N) is 2. The lowest BCUT2D eigenvalue weighted by molar-refractivity contribution is 0.789. The van der Waals surface area contributed by atoms with E-state index in [9.17, 15) is 0 Å². The molecule has 14 rings (SSSR count). The van der Waals surface area contributed by atoms with Gasteiger partial charge < -0.3 is 0 Å². The summed E-state index contributed by atoms with van der Waals surface area (Å²) in [5.74, 6) is 0. The number of para-hydroxylation sites is 2. The molecule has 0 saturated heterocycles. The summed E-state index contributed by atoms with van der Waals surface area (Å²) in [5, 5.41) is 0. The summed E-state index contributed by atoms with van der Waals surface area (Å²) in [4.78, 5) is 15.5. The third-order valence-corrected chi connectivity index (χ3v) is 14.2. The Kier molecular flexibility index (Phi) is 6.04. The fourth-order valence-electron chi connectivity index (χ4n) is 12.1. The highest BCUT2D eigenvalue weighted by atomic mass is 16.1. The quantitative estimate of drug-likeness (QED) is 0.172. The molecule has 0 saturated carbocycles. The van der Waals surface area contributed by atoms with Crippen molar-refractivity contribution in [2.45, 2.75) is 10.8 Å². The van der Waals surface area contributed by atoms with Crippen molar-refractivity contribution < 1.29 is 0 Å². The average molecular weight is 763 g/mol. The Labute approximate surface area is 346 Å². The highest BCUT2D eigenvalue weighted by Crippen LogP contribution is 2.64. The molecule has 1 aromatic heterocycles. The lowest BCUT2D eigenvalue weighted by Gasteiger charge is -2.30. The molecule has 2 spiro atoms. The van der Waals surface area contributed by atoms with Crippen molar-refractivity contribution in [2.24, 2.45) is 0 Å². The predicted octanol–water partition coefficient (Wildman–Crippen LogP) is 12.5. The fraction of sp³-hybridized carbons (Fsp3) is 0.0351. The number of imidazole rings is 1. The molecule has 278 valence electrons. The molecule has 1 heterocycles. The number of benzene rings is 9. The topological polar surface area (TPSA) is 26.9 Å². The van der Waals surface area contributed by atoms with Crippen molar-refractivity contribution >= 4 is 11.0 Å². The van der Waals surface area contributed by atoms with Crippen LogP contribution >= 0.6 is 0 Å². The summed E-state index contributed by atoms with van der Waals surface area (Å²) in [6, 6.07) is 74.8. The first-order valence-electron chi connectivity index (χ1n) is 20.8. The van der Waals surface area contributed by atoms with Crippen LogP contribution in [0.25, 0.3) is 66.9 Å². The molecular weight excluding hydrogens is 729 g/mol. The van der Waals surface area contributed by atoms with Gasteiger partial charge in [0.15, 0.2) is 0 Å². The van der Waals surface area contributed by atoms with Gasteiger partial charge in [-0.15, -0.1) is 0 Å². The molecule has 0 N–H and O–H groups in total. The molecule has 0 aliphatic heterocycles. The van der Waals surface area contributed by atoms with E-state index in [-0.39, 0.29) is 5.69 Å². The number of fused-ring (bicyclic) bond motifs is 21. The fourth-order valence-corrected chi connectivity index (χ4v) is 12.1. The highest BCUT2D eigenvalue weighted by molar-refractivity contribution is 5.97. The maximum Gasteiger partial charge on any atom is 0.338 e. The second-order valence-corrected chi connectivity index (χ2v) is 16.7. The molecule has 9 aromatic carbocycles. The largest absolute Gasteiger partial charge is 0.338 e. The molecule has 0 amide bonds. The van der Waals surface area contributed by atoms with E-state index in [0.29, 0.717) is 0 Å². The first kappa shape index (κ1) is 32.2. The number of hydrogen-bond acceptors (Lipinski definition) is 1. The number of aromatic nitrogens is 2. The molecule has 4 aliphatic carbocycles. The van der Waals surface area contributed by atoms with Crippen LogP contribution in [0.3, 0.4) is 0 Å². The second-order valence-electron chi connectivity index (χ2n) is 16.7. The molecule has 60 heavy (non-hydrogen) atoms. The summed E-state index contributed by atoms with van der Waals surface area (Å²) < 4.78 is 3.86. The van der Waals surface area contributed by atoms with Gasteiger partial charge in [-0.2, -0.15) is 0 Å². The zero-order chi connectivity index (χ0) is 39.3. The summed E-state index contributed by atoms with van der Waals surface area (Å²) in [6.45, 7) is 0. The Hall–Kier alpha value is -7.75. The minimum Gasteiger partial charge on any atom is -0.260 e. The van der Waals surface area contributed by atoms with Crippen molar-refractivity contribution in [2.75, 3.05) is 0 Å². The molecule has 10 aromatic rings. The number of hydrogen-bond donors (Lipinski definition) is 0. The van der Waals surface area contributed by atoms with Crippen molar-refractivity contribution in [3.05, 3.63) is 261 Å². The van der Waals surface area contributed by atoms with Crippen molar-refractivity contribution in [3.8, 4) is 55.9 Å². The van der Waals surface area contributed by atoms with Gasteiger partial charge in [0.25, 0.3) is 0 Å². The summed E-state index contributed by atoms with van der Waals surface area (Å²) >= 11 is 0. The maximum absolute atomic E-state index is 15.5. The van der Waals surface area contributed by atoms with Gasteiger partial charge in [0.05, 0.1) is 33.2 Å². The molecule has 0 fully saturated rings. The lowest BCUT2D eigenvalue weighted by atomic mass is 9.70. The average Bonchev–Trinajstić information content (AvgIpc) is 4.05. The predicted molar refractivity (Wildman–Crippen MR) is 241 cm³/mol. The SMILES string of the molecule is O=c1n(-c2ccc3c(c2)C2(c4ccccc4-c4ccccc42)c2ccccc2-3)c2ccccc2n1-c1ccc2c(c1)C1(c3ccccc3-c3ccccc31)c1ccccc1-2. The van der Waals surface area contributed by atoms with Crippen LogP contribution in [0.2, 0.25) is 0 Å². The van der Waals surface area contributed by atoms with Crippen LogP contribution in [-0.4, -0.2) is 9.13 Å². The van der Waals surface area contributed by atoms with E-state index in [1.54, 1.807) is 0 Å². The minimum absolute atomic E-state index is 0.0929. The van der Waals surface area contributed by atoms with Crippen LogP contribution in [-0.2, 0) is 10.8 Å². The lowest BCUT2D eigenvalue weighted by Crippen LogP contribution is -2.27.